The SMILES string of the molecule is Cc1ncsc1CN(C)C(=O)CC(C)C1CCCNC1. The minimum absolute atomic E-state index is 0.246. The molecule has 1 N–H and O–H groups in total. The van der Waals surface area contributed by atoms with E-state index in [9.17, 15) is 4.79 Å². The lowest BCUT2D eigenvalue weighted by molar-refractivity contribution is -0.131. The van der Waals surface area contributed by atoms with Crippen LogP contribution in [-0.4, -0.2) is 35.9 Å². The first kappa shape index (κ1) is 15.4. The number of rotatable bonds is 5. The van der Waals surface area contributed by atoms with Gasteiger partial charge in [0.25, 0.3) is 0 Å². The molecule has 4 nitrogen and oxygen atoms in total. The zero-order valence-corrected chi connectivity index (χ0v) is 13.5. The highest BCUT2D eigenvalue weighted by atomic mass is 32.1. The van der Waals surface area contributed by atoms with E-state index >= 15 is 0 Å². The number of aryl methyl sites for hydroxylation is 1. The Morgan fingerprint density at radius 3 is 3.05 bits per heavy atom. The third-order valence-corrected chi connectivity index (χ3v) is 5.21. The van der Waals surface area contributed by atoms with E-state index < -0.39 is 0 Å². The maximum Gasteiger partial charge on any atom is 0.222 e. The summed E-state index contributed by atoms with van der Waals surface area (Å²) < 4.78 is 0. The number of carbonyl (C=O) groups excluding carboxylic acids is 1. The van der Waals surface area contributed by atoms with E-state index in [1.54, 1.807) is 11.3 Å². The molecule has 2 atom stereocenters. The minimum Gasteiger partial charge on any atom is -0.341 e. The summed E-state index contributed by atoms with van der Waals surface area (Å²) in [6.45, 7) is 7.08. The molecule has 0 aliphatic carbocycles. The molecule has 0 aromatic carbocycles. The van der Waals surface area contributed by atoms with E-state index in [1.807, 2.05) is 24.4 Å². The van der Waals surface area contributed by atoms with E-state index in [1.165, 1.54) is 17.7 Å². The first-order chi connectivity index (χ1) is 9.58. The van der Waals surface area contributed by atoms with Crippen LogP contribution >= 0.6 is 11.3 Å². The predicted octanol–water partition coefficient (Wildman–Crippen LogP) is 2.44. The van der Waals surface area contributed by atoms with Gasteiger partial charge in [0.2, 0.25) is 5.91 Å². The second-order valence-corrected chi connectivity index (χ2v) is 6.84. The van der Waals surface area contributed by atoms with E-state index in [4.69, 9.17) is 0 Å². The van der Waals surface area contributed by atoms with Crippen LogP contribution in [0.2, 0.25) is 0 Å². The van der Waals surface area contributed by atoms with Gasteiger partial charge in [-0.15, -0.1) is 11.3 Å². The Bertz CT molecular complexity index is 440. The van der Waals surface area contributed by atoms with Crippen molar-refractivity contribution in [3.63, 3.8) is 0 Å². The van der Waals surface area contributed by atoms with E-state index in [2.05, 4.69) is 17.2 Å². The molecule has 5 heteroatoms. The fraction of sp³-hybridized carbons (Fsp3) is 0.733. The number of piperidine rings is 1. The van der Waals surface area contributed by atoms with Gasteiger partial charge in [0, 0.05) is 18.3 Å². The molecular formula is C15H25N3OS. The maximum absolute atomic E-state index is 12.3. The molecule has 2 unspecified atom stereocenters. The molecule has 0 saturated carbocycles. The molecule has 0 spiro atoms. The molecule has 1 aliphatic heterocycles. The monoisotopic (exact) mass is 295 g/mol. The number of amides is 1. The van der Waals surface area contributed by atoms with Crippen molar-refractivity contribution in [2.75, 3.05) is 20.1 Å². The van der Waals surface area contributed by atoms with Gasteiger partial charge in [-0.3, -0.25) is 4.79 Å². The zero-order valence-electron chi connectivity index (χ0n) is 12.7. The molecule has 20 heavy (non-hydrogen) atoms. The average molecular weight is 295 g/mol. The van der Waals surface area contributed by atoms with Crippen LogP contribution < -0.4 is 5.32 Å². The Kier molecular flexibility index (Phi) is 5.54. The van der Waals surface area contributed by atoms with Gasteiger partial charge in [-0.05, 0) is 44.7 Å². The third-order valence-electron chi connectivity index (χ3n) is 4.29. The summed E-state index contributed by atoms with van der Waals surface area (Å²) >= 11 is 1.63. The van der Waals surface area contributed by atoms with Gasteiger partial charge in [0.15, 0.2) is 0 Å². The van der Waals surface area contributed by atoms with Gasteiger partial charge in [0.05, 0.1) is 17.7 Å². The lowest BCUT2D eigenvalue weighted by Crippen LogP contribution is -2.36. The molecule has 0 radical (unpaired) electrons. The fourth-order valence-electron chi connectivity index (χ4n) is 2.74. The number of hydrogen-bond donors (Lipinski definition) is 1. The average Bonchev–Trinajstić information content (AvgIpc) is 2.85. The van der Waals surface area contributed by atoms with Crippen LogP contribution in [0.25, 0.3) is 0 Å². The van der Waals surface area contributed by atoms with Crippen molar-refractivity contribution in [1.82, 2.24) is 15.2 Å². The van der Waals surface area contributed by atoms with Crippen molar-refractivity contribution >= 4 is 17.2 Å². The molecule has 1 amide bonds. The molecule has 1 aliphatic rings. The Morgan fingerprint density at radius 2 is 2.45 bits per heavy atom. The summed E-state index contributed by atoms with van der Waals surface area (Å²) in [5.41, 5.74) is 2.89. The van der Waals surface area contributed by atoms with Crippen LogP contribution in [0.3, 0.4) is 0 Å². The standard InChI is InChI=1S/C15H25N3OS/c1-11(13-5-4-6-16-8-13)7-15(19)18(3)9-14-12(2)17-10-20-14/h10-11,13,16H,4-9H2,1-3H3. The summed E-state index contributed by atoms with van der Waals surface area (Å²) in [4.78, 5) is 19.6. The number of nitrogens with one attached hydrogen (secondary N) is 1. The largest absolute Gasteiger partial charge is 0.341 e. The molecule has 2 heterocycles. The van der Waals surface area contributed by atoms with Gasteiger partial charge in [-0.1, -0.05) is 6.92 Å². The van der Waals surface area contributed by atoms with Gasteiger partial charge in [-0.25, -0.2) is 4.98 Å². The molecular weight excluding hydrogens is 270 g/mol. The van der Waals surface area contributed by atoms with Crippen LogP contribution in [0.1, 0.15) is 36.8 Å². The minimum atomic E-state index is 0.246. The molecule has 2 rings (SSSR count). The van der Waals surface area contributed by atoms with Crippen LogP contribution in [0, 0.1) is 18.8 Å². The number of thiazole rings is 1. The number of nitrogens with zero attached hydrogens (tertiary/aromatic N) is 2. The summed E-state index contributed by atoms with van der Waals surface area (Å²) in [5, 5.41) is 3.43. The highest BCUT2D eigenvalue weighted by molar-refractivity contribution is 7.09. The Hall–Kier alpha value is -0.940. The van der Waals surface area contributed by atoms with Crippen LogP contribution in [-0.2, 0) is 11.3 Å². The van der Waals surface area contributed by atoms with E-state index in [0.29, 0.717) is 24.8 Å². The van der Waals surface area contributed by atoms with Gasteiger partial charge < -0.3 is 10.2 Å². The number of aromatic nitrogens is 1. The Labute approximate surface area is 125 Å². The van der Waals surface area contributed by atoms with Crippen molar-refractivity contribution < 1.29 is 4.79 Å². The first-order valence-electron chi connectivity index (χ1n) is 7.41. The summed E-state index contributed by atoms with van der Waals surface area (Å²) in [6.07, 6.45) is 3.14. The Balaban J connectivity index is 1.82. The Morgan fingerprint density at radius 1 is 1.65 bits per heavy atom. The summed E-state index contributed by atoms with van der Waals surface area (Å²) in [7, 11) is 1.90. The third kappa shape index (κ3) is 4.03. The smallest absolute Gasteiger partial charge is 0.222 e. The fourth-order valence-corrected chi connectivity index (χ4v) is 3.57. The van der Waals surface area contributed by atoms with Crippen LogP contribution in [0.15, 0.2) is 5.51 Å². The highest BCUT2D eigenvalue weighted by Gasteiger charge is 2.23. The van der Waals surface area contributed by atoms with Gasteiger partial charge in [0.1, 0.15) is 0 Å². The van der Waals surface area contributed by atoms with Crippen molar-refractivity contribution in [2.45, 2.75) is 39.7 Å². The number of carbonyl (C=O) groups is 1. The van der Waals surface area contributed by atoms with Crippen molar-refractivity contribution in [1.29, 1.82) is 0 Å². The molecule has 112 valence electrons. The van der Waals surface area contributed by atoms with Gasteiger partial charge in [-0.2, -0.15) is 0 Å². The molecule has 1 aromatic rings. The normalized spacial score (nSPS) is 20.6. The summed E-state index contributed by atoms with van der Waals surface area (Å²) in [6, 6.07) is 0. The highest BCUT2D eigenvalue weighted by Crippen LogP contribution is 2.23. The van der Waals surface area contributed by atoms with Crippen LogP contribution in [0.5, 0.6) is 0 Å². The first-order valence-corrected chi connectivity index (χ1v) is 8.29. The second kappa shape index (κ2) is 7.18. The maximum atomic E-state index is 12.3. The molecule has 1 saturated heterocycles. The summed E-state index contributed by atoms with van der Waals surface area (Å²) in [5.74, 6) is 1.35. The van der Waals surface area contributed by atoms with Crippen molar-refractivity contribution in [3.05, 3.63) is 16.1 Å². The number of hydrogen-bond acceptors (Lipinski definition) is 4. The van der Waals surface area contributed by atoms with Gasteiger partial charge >= 0.3 is 0 Å². The zero-order chi connectivity index (χ0) is 14.5. The van der Waals surface area contributed by atoms with E-state index in [0.717, 1.165) is 18.8 Å². The van der Waals surface area contributed by atoms with E-state index in [-0.39, 0.29) is 5.91 Å². The van der Waals surface area contributed by atoms with Crippen LogP contribution in [0.4, 0.5) is 0 Å². The molecule has 1 fully saturated rings. The quantitative estimate of drug-likeness (QED) is 0.907. The lowest BCUT2D eigenvalue weighted by Gasteiger charge is -2.29. The van der Waals surface area contributed by atoms with Crippen molar-refractivity contribution in [3.8, 4) is 0 Å². The topological polar surface area (TPSA) is 45.2 Å². The predicted molar refractivity (Wildman–Crippen MR) is 82.7 cm³/mol. The molecule has 0 bridgehead atoms. The van der Waals surface area contributed by atoms with Crippen molar-refractivity contribution in [2.24, 2.45) is 11.8 Å². The molecule has 1 aromatic heterocycles. The second-order valence-electron chi connectivity index (χ2n) is 5.90. The lowest BCUT2D eigenvalue weighted by atomic mass is 9.85.